The van der Waals surface area contributed by atoms with Gasteiger partial charge in [0.2, 0.25) is 10.0 Å². The van der Waals surface area contributed by atoms with E-state index in [9.17, 15) is 18.3 Å². The van der Waals surface area contributed by atoms with E-state index >= 15 is 0 Å². The highest BCUT2D eigenvalue weighted by molar-refractivity contribution is 7.90. The first-order valence-corrected chi connectivity index (χ1v) is 15.9. The maximum Gasteiger partial charge on any atom is 0.264 e. The van der Waals surface area contributed by atoms with Crippen LogP contribution in [0.3, 0.4) is 0 Å². The molecule has 0 saturated heterocycles. The van der Waals surface area contributed by atoms with Gasteiger partial charge in [0, 0.05) is 23.7 Å². The van der Waals surface area contributed by atoms with Crippen molar-refractivity contribution in [3.63, 3.8) is 0 Å². The van der Waals surface area contributed by atoms with Crippen LogP contribution < -0.4 is 14.4 Å². The molecule has 0 radical (unpaired) electrons. The lowest BCUT2D eigenvalue weighted by atomic mass is 9.70. The van der Waals surface area contributed by atoms with E-state index in [0.29, 0.717) is 29.7 Å². The van der Waals surface area contributed by atoms with Gasteiger partial charge in [-0.15, -0.1) is 0 Å². The minimum atomic E-state index is -3.83. The number of aliphatic hydroxyl groups excluding tert-OH is 1. The molecule has 1 saturated carbocycles. The molecule has 7 nitrogen and oxygen atoms in total. The number of halogens is 1. The molecule has 9 heteroatoms. The zero-order valence-electron chi connectivity index (χ0n) is 22.3. The van der Waals surface area contributed by atoms with Crippen LogP contribution in [0.5, 0.6) is 5.75 Å². The summed E-state index contributed by atoms with van der Waals surface area (Å²) in [4.78, 5) is 15.4. The van der Waals surface area contributed by atoms with E-state index in [0.717, 1.165) is 56.4 Å². The number of rotatable bonds is 0. The van der Waals surface area contributed by atoms with Gasteiger partial charge in [0.15, 0.2) is 0 Å². The van der Waals surface area contributed by atoms with Crippen molar-refractivity contribution in [2.45, 2.75) is 58.2 Å². The van der Waals surface area contributed by atoms with Gasteiger partial charge in [-0.2, -0.15) is 0 Å². The first-order chi connectivity index (χ1) is 18.7. The fraction of sp³-hybridized carbons (Fsp3) is 0.500. The molecule has 2 aromatic carbocycles. The predicted octanol–water partition coefficient (Wildman–Crippen LogP) is 5.10. The summed E-state index contributed by atoms with van der Waals surface area (Å²) < 4.78 is 34.1. The molecule has 0 unspecified atom stereocenters. The van der Waals surface area contributed by atoms with Crippen LogP contribution in [0.4, 0.5) is 5.69 Å². The standard InChI is InChI=1S/C30H37ClN2O5S/c1-20-5-4-7-28(34)26-12-9-23(26)17-33-14-3-2-6-21-15-25(31)11-8-24(21)18-38-29-13-10-22(16-27(29)33)30(35)32-39(36,37)19-20/h4,7-8,10-11,13,15-16,20,23,26,28,34H,2-3,5-6,9,12,14,17-19H2,1H3,(H,32,35)/b7-4-/t20-,23-,26+,28+/m0/s1. The molecule has 0 spiro atoms. The van der Waals surface area contributed by atoms with E-state index in [1.807, 2.05) is 37.3 Å². The monoisotopic (exact) mass is 572 g/mol. The summed E-state index contributed by atoms with van der Waals surface area (Å²) in [6.45, 7) is 3.67. The Hall–Kier alpha value is -2.55. The maximum atomic E-state index is 13.1. The molecule has 39 heavy (non-hydrogen) atoms. The number of nitrogens with zero attached hydrogens (tertiary/aromatic N) is 1. The number of nitrogens with one attached hydrogen (secondary N) is 1. The van der Waals surface area contributed by atoms with Crippen molar-refractivity contribution in [1.29, 1.82) is 0 Å². The summed E-state index contributed by atoms with van der Waals surface area (Å²) in [5, 5.41) is 11.6. The highest BCUT2D eigenvalue weighted by atomic mass is 35.5. The van der Waals surface area contributed by atoms with Gasteiger partial charge in [-0.1, -0.05) is 36.7 Å². The molecule has 4 atom stereocenters. The SMILES string of the molecule is C[C@H]1C/C=C\[C@@H](O)[C@@H]2CC[C@H]2CN2CCCCc3cc(Cl)ccc3COc3ccc(cc32)C(=O)NS(=O)(=O)C1. The molecule has 1 amide bonds. The molecule has 2 aromatic rings. The number of amides is 1. The van der Waals surface area contributed by atoms with Gasteiger partial charge in [0.1, 0.15) is 12.4 Å². The molecule has 2 N–H and O–H groups in total. The number of aryl methyl sites for hydroxylation is 1. The van der Waals surface area contributed by atoms with Crippen molar-refractivity contribution in [2.24, 2.45) is 17.8 Å². The van der Waals surface area contributed by atoms with E-state index < -0.39 is 22.0 Å². The number of fused-ring (bicyclic) bond motifs is 3. The molecular formula is C30H37ClN2O5S. The first kappa shape index (κ1) is 28.0. The zero-order valence-corrected chi connectivity index (χ0v) is 23.9. The average molecular weight is 573 g/mol. The van der Waals surface area contributed by atoms with Gasteiger partial charge in [0.25, 0.3) is 5.91 Å². The number of sulfonamides is 1. The van der Waals surface area contributed by atoms with Gasteiger partial charge in [-0.05, 0) is 97.7 Å². The summed E-state index contributed by atoms with van der Waals surface area (Å²) >= 11 is 6.28. The normalized spacial score (nSPS) is 28.4. The summed E-state index contributed by atoms with van der Waals surface area (Å²) in [5.41, 5.74) is 3.29. The average Bonchev–Trinajstić information content (AvgIpc) is 2.88. The van der Waals surface area contributed by atoms with Crippen LogP contribution in [-0.2, 0) is 23.1 Å². The van der Waals surface area contributed by atoms with Gasteiger partial charge in [-0.25, -0.2) is 13.1 Å². The third-order valence-electron chi connectivity index (χ3n) is 8.23. The first-order valence-electron chi connectivity index (χ1n) is 13.9. The predicted molar refractivity (Wildman–Crippen MR) is 154 cm³/mol. The topological polar surface area (TPSA) is 95.9 Å². The van der Waals surface area contributed by atoms with Crippen molar-refractivity contribution < 1.29 is 23.1 Å². The zero-order chi connectivity index (χ0) is 27.6. The number of hydrogen-bond acceptors (Lipinski definition) is 6. The second-order valence-electron chi connectivity index (χ2n) is 11.3. The van der Waals surface area contributed by atoms with E-state index in [1.54, 1.807) is 18.2 Å². The number of carbonyl (C=O) groups excluding carboxylic acids is 1. The van der Waals surface area contributed by atoms with Gasteiger partial charge >= 0.3 is 0 Å². The van der Waals surface area contributed by atoms with Crippen molar-refractivity contribution in [3.8, 4) is 5.75 Å². The number of aliphatic hydroxyl groups is 1. The summed E-state index contributed by atoms with van der Waals surface area (Å²) in [5.74, 6) is 0.0879. The Morgan fingerprint density at radius 1 is 1.10 bits per heavy atom. The van der Waals surface area contributed by atoms with Crippen LogP contribution in [0, 0.1) is 17.8 Å². The fourth-order valence-corrected chi connectivity index (χ4v) is 7.47. The Bertz CT molecular complexity index is 1340. The highest BCUT2D eigenvalue weighted by Crippen LogP contribution is 2.41. The molecule has 0 aromatic heterocycles. The quantitative estimate of drug-likeness (QED) is 0.426. The number of hydrogen-bond donors (Lipinski definition) is 2. The van der Waals surface area contributed by atoms with Crippen LogP contribution in [0.2, 0.25) is 5.02 Å². The molecule has 3 aliphatic rings. The Balaban J connectivity index is 1.52. The molecule has 1 fully saturated rings. The van der Waals surface area contributed by atoms with Crippen LogP contribution in [0.1, 0.15) is 60.5 Å². The lowest BCUT2D eigenvalue weighted by Gasteiger charge is -2.42. The minimum Gasteiger partial charge on any atom is -0.487 e. The Morgan fingerprint density at radius 2 is 1.95 bits per heavy atom. The number of carbonyl (C=O) groups is 1. The van der Waals surface area contributed by atoms with Crippen LogP contribution >= 0.6 is 11.6 Å². The Labute approximate surface area is 236 Å². The number of anilines is 1. The lowest BCUT2D eigenvalue weighted by molar-refractivity contribution is 0.0461. The summed E-state index contributed by atoms with van der Waals surface area (Å²) in [6, 6.07) is 11.0. The Morgan fingerprint density at radius 3 is 2.74 bits per heavy atom. The molecule has 2 bridgehead atoms. The molecule has 210 valence electrons. The second kappa shape index (κ2) is 11.9. The molecule has 5 rings (SSSR count). The van der Waals surface area contributed by atoms with Crippen LogP contribution in [0.25, 0.3) is 0 Å². The largest absolute Gasteiger partial charge is 0.487 e. The van der Waals surface area contributed by atoms with E-state index in [-0.39, 0.29) is 23.2 Å². The highest BCUT2D eigenvalue weighted by Gasteiger charge is 2.37. The van der Waals surface area contributed by atoms with Gasteiger partial charge in [-0.3, -0.25) is 4.79 Å². The molecule has 1 aliphatic carbocycles. The van der Waals surface area contributed by atoms with Gasteiger partial charge < -0.3 is 14.7 Å². The van der Waals surface area contributed by atoms with Crippen molar-refractivity contribution in [3.05, 3.63) is 70.3 Å². The van der Waals surface area contributed by atoms with E-state index in [4.69, 9.17) is 16.3 Å². The summed E-state index contributed by atoms with van der Waals surface area (Å²) in [6.07, 6.45) is 8.40. The third-order valence-corrected chi connectivity index (χ3v) is 9.97. The van der Waals surface area contributed by atoms with E-state index in [1.165, 1.54) is 5.56 Å². The van der Waals surface area contributed by atoms with Gasteiger partial charge in [0.05, 0.1) is 17.5 Å². The van der Waals surface area contributed by atoms with E-state index in [2.05, 4.69) is 9.62 Å². The number of allylic oxidation sites excluding steroid dienone is 1. The summed E-state index contributed by atoms with van der Waals surface area (Å²) in [7, 11) is -3.83. The Kier molecular flexibility index (Phi) is 8.55. The minimum absolute atomic E-state index is 0.147. The van der Waals surface area contributed by atoms with Crippen LogP contribution in [-0.4, -0.2) is 44.4 Å². The van der Waals surface area contributed by atoms with Crippen LogP contribution in [0.15, 0.2) is 48.6 Å². The third kappa shape index (κ3) is 6.79. The van der Waals surface area contributed by atoms with Crippen molar-refractivity contribution >= 4 is 33.2 Å². The smallest absolute Gasteiger partial charge is 0.264 e. The van der Waals surface area contributed by atoms with Crippen molar-refractivity contribution in [1.82, 2.24) is 4.72 Å². The number of benzene rings is 2. The van der Waals surface area contributed by atoms with Crippen molar-refractivity contribution in [2.75, 3.05) is 23.7 Å². The lowest BCUT2D eigenvalue weighted by Crippen LogP contribution is -2.43. The molecule has 2 heterocycles. The molecule has 2 aliphatic heterocycles. The second-order valence-corrected chi connectivity index (χ2v) is 13.5. The maximum absolute atomic E-state index is 13.1. The number of ether oxygens (including phenoxy) is 1. The molecular weight excluding hydrogens is 536 g/mol. The fourth-order valence-electron chi connectivity index (χ4n) is 5.91.